The van der Waals surface area contributed by atoms with Crippen molar-refractivity contribution in [3.8, 4) is 16.9 Å². The van der Waals surface area contributed by atoms with Gasteiger partial charge in [-0.25, -0.2) is 4.68 Å². The normalized spacial score (nSPS) is 17.2. The van der Waals surface area contributed by atoms with Crippen LogP contribution in [0.25, 0.3) is 16.9 Å². The summed E-state index contributed by atoms with van der Waals surface area (Å²) < 4.78 is 1.75. The maximum atomic E-state index is 13.7. The average Bonchev–Trinajstić information content (AvgIpc) is 3.68. The van der Waals surface area contributed by atoms with Crippen LogP contribution in [0.4, 0.5) is 5.82 Å². The number of hydrogen-bond acceptors (Lipinski definition) is 4. The minimum absolute atomic E-state index is 0.0756. The molecule has 0 radical (unpaired) electrons. The van der Waals surface area contributed by atoms with Gasteiger partial charge in [0.1, 0.15) is 12.4 Å². The largest absolute Gasteiger partial charge is 0.352 e. The van der Waals surface area contributed by atoms with E-state index in [1.54, 1.807) is 21.3 Å². The molecule has 2 heterocycles. The first-order valence-electron chi connectivity index (χ1n) is 12.7. The van der Waals surface area contributed by atoms with Crippen LogP contribution < -0.4 is 10.2 Å². The van der Waals surface area contributed by atoms with Gasteiger partial charge >= 0.3 is 0 Å². The minimum atomic E-state index is -0.168. The number of halogens is 1. The van der Waals surface area contributed by atoms with Crippen molar-refractivity contribution in [3.63, 3.8) is 0 Å². The summed E-state index contributed by atoms with van der Waals surface area (Å²) in [6, 6.07) is 25.9. The van der Waals surface area contributed by atoms with Gasteiger partial charge in [0.25, 0.3) is 0 Å². The third kappa shape index (κ3) is 4.72. The standard InChI is InChI=1S/C30H27ClN4O2S/c1-19-9-5-6-12-22(19)29-27-28(20-10-3-2-4-11-20)33-35(24-14-8-7-13-23(24)31)30(27)34(26(37)18-38-29)17-25(36)32-21-15-16-21/h2-14,21,29H,15-18H2,1H3,(H,32,36)/t29-/m1/s1. The first-order valence-corrected chi connectivity index (χ1v) is 14.1. The maximum Gasteiger partial charge on any atom is 0.240 e. The summed E-state index contributed by atoms with van der Waals surface area (Å²) in [5.74, 6) is 0.526. The summed E-state index contributed by atoms with van der Waals surface area (Å²) in [6.07, 6.45) is 1.96. The van der Waals surface area contributed by atoms with E-state index >= 15 is 0 Å². The van der Waals surface area contributed by atoms with Gasteiger partial charge < -0.3 is 5.32 Å². The maximum absolute atomic E-state index is 13.7. The van der Waals surface area contributed by atoms with E-state index in [-0.39, 0.29) is 35.4 Å². The van der Waals surface area contributed by atoms with Crippen LogP contribution in [0.2, 0.25) is 5.02 Å². The predicted molar refractivity (Wildman–Crippen MR) is 153 cm³/mol. The van der Waals surface area contributed by atoms with E-state index in [9.17, 15) is 9.59 Å². The lowest BCUT2D eigenvalue weighted by Crippen LogP contribution is -2.43. The SMILES string of the molecule is Cc1ccccc1[C@H]1SCC(=O)N(CC(=O)NC2CC2)c2c1c(-c1ccccc1)nn2-c1ccccc1Cl. The lowest BCUT2D eigenvalue weighted by molar-refractivity contribution is -0.123. The van der Waals surface area contributed by atoms with E-state index < -0.39 is 0 Å². The van der Waals surface area contributed by atoms with Gasteiger partial charge in [-0.05, 0) is 43.0 Å². The monoisotopic (exact) mass is 542 g/mol. The fraction of sp³-hybridized carbons (Fsp3) is 0.233. The number of rotatable bonds is 6. The van der Waals surface area contributed by atoms with Crippen molar-refractivity contribution in [3.05, 3.63) is 101 Å². The molecule has 38 heavy (non-hydrogen) atoms. The number of nitrogens with zero attached hydrogens (tertiary/aromatic N) is 3. The molecular weight excluding hydrogens is 516 g/mol. The Balaban J connectivity index is 1.63. The Morgan fingerprint density at radius 3 is 2.47 bits per heavy atom. The van der Waals surface area contributed by atoms with Gasteiger partial charge in [-0.2, -0.15) is 5.10 Å². The van der Waals surface area contributed by atoms with Gasteiger partial charge in [-0.3, -0.25) is 14.5 Å². The molecule has 1 aromatic heterocycles. The number of benzene rings is 3. The second-order valence-electron chi connectivity index (χ2n) is 9.68. The smallest absolute Gasteiger partial charge is 0.240 e. The van der Waals surface area contributed by atoms with Crippen LogP contribution in [0.15, 0.2) is 78.9 Å². The van der Waals surface area contributed by atoms with Crippen molar-refractivity contribution in [1.82, 2.24) is 15.1 Å². The molecule has 1 fully saturated rings. The molecule has 4 aromatic rings. The quantitative estimate of drug-likeness (QED) is 0.327. The van der Waals surface area contributed by atoms with Crippen molar-refractivity contribution in [2.45, 2.75) is 31.1 Å². The molecule has 6 nitrogen and oxygen atoms in total. The number of aromatic nitrogens is 2. The van der Waals surface area contributed by atoms with Gasteiger partial charge in [0.2, 0.25) is 11.8 Å². The third-order valence-electron chi connectivity index (χ3n) is 6.93. The van der Waals surface area contributed by atoms with Crippen LogP contribution in [0, 0.1) is 6.92 Å². The molecule has 8 heteroatoms. The Morgan fingerprint density at radius 1 is 1.03 bits per heavy atom. The van der Waals surface area contributed by atoms with E-state index in [1.807, 2.05) is 66.7 Å². The number of amides is 2. The van der Waals surface area contributed by atoms with Crippen LogP contribution in [-0.4, -0.2) is 39.9 Å². The number of aryl methyl sites for hydroxylation is 1. The number of nitrogens with one attached hydrogen (secondary N) is 1. The molecule has 0 saturated heterocycles. The first-order chi connectivity index (χ1) is 18.5. The minimum Gasteiger partial charge on any atom is -0.352 e. The molecule has 0 spiro atoms. The molecular formula is C30H27ClN4O2S. The Hall–Kier alpha value is -3.55. The van der Waals surface area contributed by atoms with E-state index in [0.29, 0.717) is 16.5 Å². The van der Waals surface area contributed by atoms with Crippen LogP contribution in [0.3, 0.4) is 0 Å². The molecule has 2 aliphatic rings. The number of para-hydroxylation sites is 1. The summed E-state index contributed by atoms with van der Waals surface area (Å²) >= 11 is 8.27. The number of thioether (sulfide) groups is 1. The predicted octanol–water partition coefficient (Wildman–Crippen LogP) is 5.95. The fourth-order valence-electron chi connectivity index (χ4n) is 4.89. The van der Waals surface area contributed by atoms with Crippen LogP contribution in [-0.2, 0) is 9.59 Å². The zero-order valence-electron chi connectivity index (χ0n) is 20.9. The van der Waals surface area contributed by atoms with E-state index in [1.165, 1.54) is 0 Å². The van der Waals surface area contributed by atoms with Crippen molar-refractivity contribution in [1.29, 1.82) is 0 Å². The fourth-order valence-corrected chi connectivity index (χ4v) is 6.40. The van der Waals surface area contributed by atoms with Crippen molar-refractivity contribution in [2.75, 3.05) is 17.2 Å². The number of hydrogen-bond donors (Lipinski definition) is 1. The van der Waals surface area contributed by atoms with Crippen molar-refractivity contribution < 1.29 is 9.59 Å². The number of anilines is 1. The number of fused-ring (bicyclic) bond motifs is 1. The highest BCUT2D eigenvalue weighted by Gasteiger charge is 2.38. The van der Waals surface area contributed by atoms with Gasteiger partial charge in [-0.1, -0.05) is 78.3 Å². The summed E-state index contributed by atoms with van der Waals surface area (Å²) in [7, 11) is 0. The molecule has 192 valence electrons. The zero-order valence-corrected chi connectivity index (χ0v) is 22.5. The summed E-state index contributed by atoms with van der Waals surface area (Å²) in [4.78, 5) is 28.4. The van der Waals surface area contributed by atoms with Crippen molar-refractivity contribution in [2.24, 2.45) is 0 Å². The molecule has 0 bridgehead atoms. The molecule has 0 unspecified atom stereocenters. The number of carbonyl (C=O) groups excluding carboxylic acids is 2. The Kier molecular flexibility index (Phi) is 6.72. The zero-order chi connectivity index (χ0) is 26.2. The van der Waals surface area contributed by atoms with E-state index in [0.717, 1.165) is 40.8 Å². The summed E-state index contributed by atoms with van der Waals surface area (Å²) in [6.45, 7) is 2.01. The highest BCUT2D eigenvalue weighted by molar-refractivity contribution is 8.00. The van der Waals surface area contributed by atoms with E-state index in [2.05, 4.69) is 24.4 Å². The van der Waals surface area contributed by atoms with Gasteiger partial charge in [0.15, 0.2) is 0 Å². The van der Waals surface area contributed by atoms with Gasteiger partial charge in [0, 0.05) is 17.2 Å². The lowest BCUT2D eigenvalue weighted by atomic mass is 9.97. The Labute approximate surface area is 231 Å². The first kappa shape index (κ1) is 24.8. The topological polar surface area (TPSA) is 67.2 Å². The Bertz CT molecular complexity index is 1520. The van der Waals surface area contributed by atoms with E-state index in [4.69, 9.17) is 16.7 Å². The van der Waals surface area contributed by atoms with Crippen LogP contribution >= 0.6 is 23.4 Å². The highest BCUT2D eigenvalue weighted by Crippen LogP contribution is 2.49. The lowest BCUT2D eigenvalue weighted by Gasteiger charge is -2.23. The van der Waals surface area contributed by atoms with Gasteiger partial charge in [0.05, 0.1) is 27.4 Å². The second kappa shape index (κ2) is 10.3. The molecule has 1 aliphatic carbocycles. The summed E-state index contributed by atoms with van der Waals surface area (Å²) in [5, 5.41) is 8.48. The molecule has 1 saturated carbocycles. The molecule has 1 aliphatic heterocycles. The summed E-state index contributed by atoms with van der Waals surface area (Å²) in [5.41, 5.74) is 5.51. The molecule has 1 atom stereocenters. The molecule has 2 amide bonds. The molecule has 6 rings (SSSR count). The van der Waals surface area contributed by atoms with Crippen LogP contribution in [0.5, 0.6) is 0 Å². The average molecular weight is 543 g/mol. The van der Waals surface area contributed by atoms with Gasteiger partial charge in [-0.15, -0.1) is 11.8 Å². The molecule has 3 aromatic carbocycles. The number of carbonyl (C=O) groups is 2. The Morgan fingerprint density at radius 2 is 1.74 bits per heavy atom. The van der Waals surface area contributed by atoms with Crippen molar-refractivity contribution >= 4 is 41.0 Å². The van der Waals surface area contributed by atoms with Crippen LogP contribution in [0.1, 0.15) is 34.8 Å². The second-order valence-corrected chi connectivity index (χ2v) is 11.2. The highest BCUT2D eigenvalue weighted by atomic mass is 35.5. The molecule has 1 N–H and O–H groups in total. The third-order valence-corrected chi connectivity index (χ3v) is 8.49.